The Labute approximate surface area is 123 Å². The van der Waals surface area contributed by atoms with Crippen LogP contribution in [0.2, 0.25) is 5.02 Å². The van der Waals surface area contributed by atoms with Gasteiger partial charge in [0.05, 0.1) is 6.04 Å². The van der Waals surface area contributed by atoms with Crippen molar-refractivity contribution in [2.75, 3.05) is 0 Å². The highest BCUT2D eigenvalue weighted by molar-refractivity contribution is 6.30. The van der Waals surface area contributed by atoms with Crippen molar-refractivity contribution in [3.05, 3.63) is 69.5 Å². The molecule has 0 amide bonds. The highest BCUT2D eigenvalue weighted by Gasteiger charge is 2.14. The molecular weight excluding hydrogens is 275 g/mol. The lowest BCUT2D eigenvalue weighted by Crippen LogP contribution is -2.29. The van der Waals surface area contributed by atoms with Crippen LogP contribution in [-0.2, 0) is 6.42 Å². The fraction of sp³-hybridized carbons (Fsp3) is 0.250. The van der Waals surface area contributed by atoms with Crippen molar-refractivity contribution in [3.63, 3.8) is 0 Å². The van der Waals surface area contributed by atoms with Crippen molar-refractivity contribution >= 4 is 11.6 Å². The normalized spacial score (nSPS) is 12.4. The summed E-state index contributed by atoms with van der Waals surface area (Å²) in [7, 11) is 0. The van der Waals surface area contributed by atoms with Crippen molar-refractivity contribution in [3.8, 4) is 0 Å². The van der Waals surface area contributed by atoms with Crippen molar-refractivity contribution in [2.24, 2.45) is 5.84 Å². The lowest BCUT2D eigenvalue weighted by atomic mass is 9.96. The Hall–Kier alpha value is -1.42. The molecule has 0 aliphatic carbocycles. The van der Waals surface area contributed by atoms with E-state index in [0.29, 0.717) is 17.0 Å². The maximum Gasteiger partial charge on any atom is 0.127 e. The summed E-state index contributed by atoms with van der Waals surface area (Å²) in [6.45, 7) is 4.11. The van der Waals surface area contributed by atoms with E-state index < -0.39 is 0 Å². The first kappa shape index (κ1) is 15.0. The van der Waals surface area contributed by atoms with E-state index >= 15 is 0 Å². The number of hydrazine groups is 1. The van der Waals surface area contributed by atoms with Gasteiger partial charge in [-0.1, -0.05) is 35.9 Å². The number of nitrogens with one attached hydrogen (secondary N) is 1. The molecule has 0 radical (unpaired) electrons. The summed E-state index contributed by atoms with van der Waals surface area (Å²) in [4.78, 5) is 0. The van der Waals surface area contributed by atoms with Crippen LogP contribution >= 0.6 is 11.6 Å². The average molecular weight is 293 g/mol. The van der Waals surface area contributed by atoms with Gasteiger partial charge >= 0.3 is 0 Å². The second-order valence-electron chi connectivity index (χ2n) is 5.00. The summed E-state index contributed by atoms with van der Waals surface area (Å²) >= 11 is 5.76. The molecule has 1 atom stereocenters. The highest BCUT2D eigenvalue weighted by Crippen LogP contribution is 2.23. The van der Waals surface area contributed by atoms with E-state index in [1.807, 2.05) is 12.1 Å². The maximum atomic E-state index is 13.9. The van der Waals surface area contributed by atoms with Gasteiger partial charge in [0.25, 0.3) is 0 Å². The summed E-state index contributed by atoms with van der Waals surface area (Å²) in [5, 5.41) is 0.398. The van der Waals surface area contributed by atoms with Gasteiger partial charge in [-0.15, -0.1) is 0 Å². The zero-order valence-electron chi connectivity index (χ0n) is 11.6. The van der Waals surface area contributed by atoms with E-state index in [1.165, 1.54) is 17.2 Å². The van der Waals surface area contributed by atoms with Gasteiger partial charge in [0, 0.05) is 5.02 Å². The molecule has 0 aliphatic heterocycles. The van der Waals surface area contributed by atoms with Crippen LogP contribution in [0.5, 0.6) is 0 Å². The summed E-state index contributed by atoms with van der Waals surface area (Å²) in [5.74, 6) is 5.32. The van der Waals surface area contributed by atoms with Crippen molar-refractivity contribution in [2.45, 2.75) is 26.3 Å². The lowest BCUT2D eigenvalue weighted by molar-refractivity contribution is 0.529. The second-order valence-corrected chi connectivity index (χ2v) is 5.44. The zero-order chi connectivity index (χ0) is 14.7. The number of benzene rings is 2. The molecular formula is C16H18ClFN2. The van der Waals surface area contributed by atoms with Crippen molar-refractivity contribution < 1.29 is 4.39 Å². The molecule has 4 heteroatoms. The van der Waals surface area contributed by atoms with Crippen LogP contribution in [0, 0.1) is 19.7 Å². The van der Waals surface area contributed by atoms with Crippen LogP contribution in [0.15, 0.2) is 36.4 Å². The monoisotopic (exact) mass is 292 g/mol. The molecule has 0 aliphatic rings. The first-order valence-corrected chi connectivity index (χ1v) is 6.86. The number of aryl methyl sites for hydroxylation is 2. The lowest BCUT2D eigenvalue weighted by Gasteiger charge is -2.18. The third kappa shape index (κ3) is 3.37. The predicted octanol–water partition coefficient (Wildman–Crippen LogP) is 3.84. The summed E-state index contributed by atoms with van der Waals surface area (Å²) < 4.78 is 13.9. The molecule has 2 rings (SSSR count). The molecule has 0 fully saturated rings. The molecule has 2 nitrogen and oxygen atoms in total. The van der Waals surface area contributed by atoms with Crippen LogP contribution in [0.3, 0.4) is 0 Å². The largest absolute Gasteiger partial charge is 0.271 e. The Balaban J connectivity index is 2.26. The predicted molar refractivity (Wildman–Crippen MR) is 81.1 cm³/mol. The SMILES string of the molecule is Cc1ccc(C(Cc2ccc(Cl)cc2F)NN)cc1C. The van der Waals surface area contributed by atoms with Crippen LogP contribution in [0.4, 0.5) is 4.39 Å². The van der Waals surface area contributed by atoms with Gasteiger partial charge in [-0.3, -0.25) is 11.3 Å². The fourth-order valence-corrected chi connectivity index (χ4v) is 2.32. The molecule has 106 valence electrons. The first-order valence-electron chi connectivity index (χ1n) is 6.48. The Morgan fingerprint density at radius 1 is 1.15 bits per heavy atom. The maximum absolute atomic E-state index is 13.9. The van der Waals surface area contributed by atoms with Gasteiger partial charge in [-0.05, 0) is 54.7 Å². The van der Waals surface area contributed by atoms with Gasteiger partial charge in [-0.25, -0.2) is 4.39 Å². The Bertz CT molecular complexity index is 613. The number of rotatable bonds is 4. The summed E-state index contributed by atoms with van der Waals surface area (Å²) in [5.41, 5.74) is 6.81. The average Bonchev–Trinajstić information content (AvgIpc) is 2.41. The van der Waals surface area contributed by atoms with Gasteiger partial charge < -0.3 is 0 Å². The Morgan fingerprint density at radius 2 is 1.90 bits per heavy atom. The van der Waals surface area contributed by atoms with Gasteiger partial charge in [-0.2, -0.15) is 0 Å². The highest BCUT2D eigenvalue weighted by atomic mass is 35.5. The van der Waals surface area contributed by atoms with Gasteiger partial charge in [0.2, 0.25) is 0 Å². The Morgan fingerprint density at radius 3 is 2.50 bits per heavy atom. The third-order valence-corrected chi connectivity index (χ3v) is 3.81. The number of nitrogens with two attached hydrogens (primary N) is 1. The van der Waals surface area contributed by atoms with E-state index in [1.54, 1.807) is 12.1 Å². The first-order chi connectivity index (χ1) is 9.51. The molecule has 0 aromatic heterocycles. The minimum atomic E-state index is -0.304. The summed E-state index contributed by atoms with van der Waals surface area (Å²) in [6, 6.07) is 10.7. The molecule has 1 unspecified atom stereocenters. The topological polar surface area (TPSA) is 38.0 Å². The Kier molecular flexibility index (Phi) is 4.76. The van der Waals surface area contributed by atoms with Crippen LogP contribution < -0.4 is 11.3 Å². The molecule has 0 spiro atoms. The standard InChI is InChI=1S/C16H18ClFN2/c1-10-3-4-13(7-11(10)2)16(20-19)8-12-5-6-14(17)9-15(12)18/h3-7,9,16,20H,8,19H2,1-2H3. The van der Waals surface area contributed by atoms with Crippen molar-refractivity contribution in [1.82, 2.24) is 5.43 Å². The van der Waals surface area contributed by atoms with Gasteiger partial charge in [0.1, 0.15) is 5.82 Å². The number of hydrogen-bond acceptors (Lipinski definition) is 2. The molecule has 3 N–H and O–H groups in total. The van der Waals surface area contributed by atoms with E-state index in [2.05, 4.69) is 25.3 Å². The van der Waals surface area contributed by atoms with Crippen LogP contribution in [0.25, 0.3) is 0 Å². The zero-order valence-corrected chi connectivity index (χ0v) is 12.3. The number of halogens is 2. The third-order valence-electron chi connectivity index (χ3n) is 3.57. The van der Waals surface area contributed by atoms with Gasteiger partial charge in [0.15, 0.2) is 0 Å². The van der Waals surface area contributed by atoms with E-state index in [9.17, 15) is 4.39 Å². The molecule has 2 aromatic carbocycles. The van der Waals surface area contributed by atoms with Crippen LogP contribution in [-0.4, -0.2) is 0 Å². The fourth-order valence-electron chi connectivity index (χ4n) is 2.16. The quantitative estimate of drug-likeness (QED) is 0.664. The number of hydrogen-bond donors (Lipinski definition) is 2. The van der Waals surface area contributed by atoms with E-state index in [0.717, 1.165) is 5.56 Å². The molecule has 0 saturated carbocycles. The van der Waals surface area contributed by atoms with Crippen LogP contribution in [0.1, 0.15) is 28.3 Å². The van der Waals surface area contributed by atoms with E-state index in [-0.39, 0.29) is 11.9 Å². The minimum Gasteiger partial charge on any atom is -0.271 e. The van der Waals surface area contributed by atoms with E-state index in [4.69, 9.17) is 17.4 Å². The molecule has 0 saturated heterocycles. The summed E-state index contributed by atoms with van der Waals surface area (Å²) in [6.07, 6.45) is 0.474. The minimum absolute atomic E-state index is 0.134. The molecule has 20 heavy (non-hydrogen) atoms. The smallest absolute Gasteiger partial charge is 0.127 e. The molecule has 0 heterocycles. The molecule has 0 bridgehead atoms. The van der Waals surface area contributed by atoms with Crippen molar-refractivity contribution in [1.29, 1.82) is 0 Å². The second kappa shape index (κ2) is 6.35. The molecule has 2 aromatic rings.